The molecule has 11 heteroatoms. The number of hydrogen-bond acceptors (Lipinski definition) is 9. The molecule has 2 aliphatic heterocycles. The van der Waals surface area contributed by atoms with Gasteiger partial charge in [-0.15, -0.1) is 12.6 Å². The molecule has 2 N–H and O–H groups in total. The first kappa shape index (κ1) is 20.6. The third kappa shape index (κ3) is 4.42. The fourth-order valence-electron chi connectivity index (χ4n) is 3.52. The molecule has 1 aromatic heterocycles. The summed E-state index contributed by atoms with van der Waals surface area (Å²) in [6, 6.07) is 10.1. The van der Waals surface area contributed by atoms with Gasteiger partial charge in [0.15, 0.2) is 0 Å². The summed E-state index contributed by atoms with van der Waals surface area (Å²) in [4.78, 5) is 19.2. The van der Waals surface area contributed by atoms with E-state index in [1.165, 1.54) is 6.07 Å². The molecule has 2 aromatic rings. The van der Waals surface area contributed by atoms with E-state index in [4.69, 9.17) is 4.74 Å². The van der Waals surface area contributed by atoms with Crippen LogP contribution in [0.2, 0.25) is 0 Å². The predicted molar refractivity (Wildman–Crippen MR) is 117 cm³/mol. The molecule has 2 atom stereocenters. The van der Waals surface area contributed by atoms with Gasteiger partial charge in [-0.25, -0.2) is 9.37 Å². The number of ether oxygens (including phenoxy) is 1. The lowest BCUT2D eigenvalue weighted by molar-refractivity contribution is -0.384. The third-order valence-corrected chi connectivity index (χ3v) is 5.51. The number of rotatable bonds is 5. The van der Waals surface area contributed by atoms with E-state index in [2.05, 4.69) is 33.1 Å². The summed E-state index contributed by atoms with van der Waals surface area (Å²) in [7, 11) is 0. The van der Waals surface area contributed by atoms with Gasteiger partial charge < -0.3 is 25.2 Å². The van der Waals surface area contributed by atoms with Crippen molar-refractivity contribution in [3.63, 3.8) is 0 Å². The first-order valence-electron chi connectivity index (χ1n) is 9.71. The predicted octanol–water partition coefficient (Wildman–Crippen LogP) is 2.53. The summed E-state index contributed by atoms with van der Waals surface area (Å²) in [5.41, 5.74) is 0.411. The Labute approximate surface area is 178 Å². The highest BCUT2D eigenvalue weighted by atomic mass is 32.1. The van der Waals surface area contributed by atoms with Crippen LogP contribution in [0, 0.1) is 10.1 Å². The summed E-state index contributed by atoms with van der Waals surface area (Å²) in [5.74, 6) is 0.864. The number of nitrogens with zero attached hydrogens (tertiary/aromatic N) is 4. The number of aromatic nitrogens is 1. The number of nitro groups is 1. The van der Waals surface area contributed by atoms with Gasteiger partial charge in [0.2, 0.25) is 12.1 Å². The number of thiol groups is 1. The number of hydrogen-bond donors (Lipinski definition) is 3. The molecule has 2 aliphatic rings. The topological polar surface area (TPSA) is 95.8 Å². The molecule has 4 rings (SSSR count). The average Bonchev–Trinajstić information content (AvgIpc) is 2.77. The van der Waals surface area contributed by atoms with Crippen molar-refractivity contribution < 1.29 is 14.1 Å². The van der Waals surface area contributed by atoms with Gasteiger partial charge in [0.1, 0.15) is 11.3 Å². The summed E-state index contributed by atoms with van der Waals surface area (Å²) in [6.45, 7) is 4.07. The highest BCUT2D eigenvalue weighted by Crippen LogP contribution is 2.31. The summed E-state index contributed by atoms with van der Waals surface area (Å²) < 4.78 is 19.5. The van der Waals surface area contributed by atoms with Crippen LogP contribution in [0.4, 0.5) is 33.1 Å². The van der Waals surface area contributed by atoms with Crippen LogP contribution in [0.3, 0.4) is 0 Å². The number of anilines is 4. The molecule has 2 unspecified atom stereocenters. The second-order valence-corrected chi connectivity index (χ2v) is 7.54. The fraction of sp³-hybridized carbons (Fsp3) is 0.421. The van der Waals surface area contributed by atoms with E-state index in [1.807, 2.05) is 0 Å². The van der Waals surface area contributed by atoms with Gasteiger partial charge in [-0.1, -0.05) is 0 Å². The van der Waals surface area contributed by atoms with Crippen molar-refractivity contribution >= 4 is 41.3 Å². The lowest BCUT2D eigenvalue weighted by Gasteiger charge is -2.35. The number of pyridine rings is 1. The van der Waals surface area contributed by atoms with Crippen LogP contribution in [-0.2, 0) is 4.74 Å². The average molecular weight is 434 g/mol. The van der Waals surface area contributed by atoms with E-state index >= 15 is 0 Å². The maximum Gasteiger partial charge on any atom is 0.311 e. The largest absolute Gasteiger partial charge is 0.361 e. The molecule has 3 heterocycles. The van der Waals surface area contributed by atoms with Crippen molar-refractivity contribution in [3.8, 4) is 0 Å². The highest BCUT2D eigenvalue weighted by molar-refractivity contribution is 7.80. The quantitative estimate of drug-likeness (QED) is 0.286. The van der Waals surface area contributed by atoms with E-state index in [0.717, 1.165) is 26.2 Å². The number of nitrogens with one attached hydrogen (secondary N) is 2. The van der Waals surface area contributed by atoms with E-state index in [1.54, 1.807) is 35.2 Å². The van der Waals surface area contributed by atoms with Gasteiger partial charge in [-0.05, 0) is 30.3 Å². The van der Waals surface area contributed by atoms with Crippen LogP contribution < -0.4 is 20.4 Å². The number of piperazine rings is 1. The molecule has 160 valence electrons. The Hall–Kier alpha value is -2.63. The smallest absolute Gasteiger partial charge is 0.311 e. The van der Waals surface area contributed by atoms with Gasteiger partial charge in [-0.3, -0.25) is 10.1 Å². The minimum Gasteiger partial charge on any atom is -0.361 e. The molecule has 0 amide bonds. The molecule has 1 aromatic carbocycles. The second kappa shape index (κ2) is 9.02. The zero-order chi connectivity index (χ0) is 21.1. The van der Waals surface area contributed by atoms with Crippen LogP contribution in [0.25, 0.3) is 0 Å². The summed E-state index contributed by atoms with van der Waals surface area (Å²) >= 11 is 4.10. The van der Waals surface area contributed by atoms with Crippen molar-refractivity contribution in [2.75, 3.05) is 54.4 Å². The van der Waals surface area contributed by atoms with E-state index in [0.29, 0.717) is 30.3 Å². The van der Waals surface area contributed by atoms with E-state index < -0.39 is 16.7 Å². The minimum absolute atomic E-state index is 0.104. The molecule has 2 fully saturated rings. The Bertz CT molecular complexity index is 896. The molecule has 0 aliphatic carbocycles. The van der Waals surface area contributed by atoms with Crippen LogP contribution >= 0.6 is 12.6 Å². The molecule has 0 saturated carbocycles. The van der Waals surface area contributed by atoms with Crippen molar-refractivity contribution in [3.05, 3.63) is 46.5 Å². The van der Waals surface area contributed by atoms with Crippen molar-refractivity contribution in [1.82, 2.24) is 10.3 Å². The Morgan fingerprint density at radius 2 is 1.93 bits per heavy atom. The van der Waals surface area contributed by atoms with Crippen molar-refractivity contribution in [2.24, 2.45) is 0 Å². The Morgan fingerprint density at radius 3 is 2.63 bits per heavy atom. The molecule has 0 spiro atoms. The van der Waals surface area contributed by atoms with Gasteiger partial charge in [-0.2, -0.15) is 0 Å². The highest BCUT2D eigenvalue weighted by Gasteiger charge is 2.30. The Balaban J connectivity index is 1.54. The van der Waals surface area contributed by atoms with Gasteiger partial charge in [0.25, 0.3) is 0 Å². The lowest BCUT2D eigenvalue weighted by atomic mass is 10.2. The number of benzene rings is 1. The minimum atomic E-state index is -1.35. The van der Waals surface area contributed by atoms with Crippen molar-refractivity contribution in [1.29, 1.82) is 0 Å². The number of halogens is 1. The number of morpholine rings is 1. The maximum absolute atomic E-state index is 14.4. The molecule has 9 nitrogen and oxygen atoms in total. The molecular weight excluding hydrogens is 411 g/mol. The summed E-state index contributed by atoms with van der Waals surface area (Å²) in [6.07, 6.45) is -1.35. The Morgan fingerprint density at radius 1 is 1.20 bits per heavy atom. The normalized spacial score (nSPS) is 22.1. The van der Waals surface area contributed by atoms with E-state index in [9.17, 15) is 14.5 Å². The first-order valence-corrected chi connectivity index (χ1v) is 10.2. The molecule has 30 heavy (non-hydrogen) atoms. The lowest BCUT2D eigenvalue weighted by Crippen LogP contribution is -2.46. The zero-order valence-electron chi connectivity index (χ0n) is 16.2. The fourth-order valence-corrected chi connectivity index (χ4v) is 3.79. The van der Waals surface area contributed by atoms with Crippen LogP contribution in [0.5, 0.6) is 0 Å². The van der Waals surface area contributed by atoms with Gasteiger partial charge in [0, 0.05) is 50.2 Å². The maximum atomic E-state index is 14.4. The first-order chi connectivity index (χ1) is 14.5. The van der Waals surface area contributed by atoms with Crippen LogP contribution in [0.1, 0.15) is 0 Å². The van der Waals surface area contributed by atoms with E-state index in [-0.39, 0.29) is 11.5 Å². The monoisotopic (exact) mass is 434 g/mol. The molecule has 2 saturated heterocycles. The zero-order valence-corrected chi connectivity index (χ0v) is 17.1. The molecule has 0 bridgehead atoms. The SMILES string of the molecule is O=[N+]([O-])c1ccc(N2CCNCC2)nc1Nc1ccc(N2CCOC(S)C2F)cc1. The number of alkyl halides is 1. The standard InChI is InChI=1S/C19H23FN6O3S/c20-17-19(30)29-12-11-25(17)14-3-1-13(2-4-14)22-18-15(26(27)28)5-6-16(23-18)24-9-7-21-8-10-24/h1-6,17,19,21,30H,7-12H2,(H,22,23). The van der Waals surface area contributed by atoms with Crippen LogP contribution in [-0.4, -0.2) is 61.0 Å². The Kier molecular flexibility index (Phi) is 6.21. The van der Waals surface area contributed by atoms with Crippen LogP contribution in [0.15, 0.2) is 36.4 Å². The third-order valence-electron chi connectivity index (χ3n) is 5.11. The van der Waals surface area contributed by atoms with Gasteiger partial charge in [0.05, 0.1) is 11.5 Å². The second-order valence-electron chi connectivity index (χ2n) is 7.03. The van der Waals surface area contributed by atoms with Gasteiger partial charge >= 0.3 is 5.69 Å². The molecule has 0 radical (unpaired) electrons. The van der Waals surface area contributed by atoms with Crippen molar-refractivity contribution in [2.45, 2.75) is 11.7 Å². The molecular formula is C19H23FN6O3S. The summed E-state index contributed by atoms with van der Waals surface area (Å²) in [5, 5.41) is 17.8.